The Morgan fingerprint density at radius 2 is 1.64 bits per heavy atom. The molecule has 0 aromatic heterocycles. The van der Waals surface area contributed by atoms with Crippen LogP contribution in [-0.4, -0.2) is 18.4 Å². The topological polar surface area (TPSA) is 67.4 Å². The van der Waals surface area contributed by atoms with Crippen molar-refractivity contribution in [2.45, 2.75) is 13.8 Å². The van der Waals surface area contributed by atoms with Gasteiger partial charge in [0.25, 0.3) is 11.8 Å². The number of amides is 2. The minimum absolute atomic E-state index is 0.184. The number of hydrogen-bond donors (Lipinski definition) is 2. The quantitative estimate of drug-likeness (QED) is 0.529. The minimum Gasteiger partial charge on any atom is -0.484 e. The van der Waals surface area contributed by atoms with Crippen LogP contribution in [0.2, 0.25) is 0 Å². The summed E-state index contributed by atoms with van der Waals surface area (Å²) in [7, 11) is 0. The van der Waals surface area contributed by atoms with Crippen LogP contribution in [-0.2, 0) is 9.59 Å². The van der Waals surface area contributed by atoms with Gasteiger partial charge in [0.15, 0.2) is 6.61 Å². The average Bonchev–Trinajstić information content (AvgIpc) is 2.68. The molecule has 3 rings (SSSR count). The average molecular weight is 374 g/mol. The Balaban J connectivity index is 1.50. The fraction of sp³-hybridized carbons (Fsp3) is 0.130. The molecule has 0 aliphatic heterocycles. The smallest absolute Gasteiger partial charge is 0.276 e. The Labute approximate surface area is 164 Å². The van der Waals surface area contributed by atoms with Crippen LogP contribution in [0.15, 0.2) is 66.7 Å². The molecular formula is C23H22N2O3. The molecule has 3 aromatic rings. The van der Waals surface area contributed by atoms with Crippen LogP contribution in [0.25, 0.3) is 16.8 Å². The van der Waals surface area contributed by atoms with Gasteiger partial charge in [-0.25, -0.2) is 0 Å². The first kappa shape index (κ1) is 19.2. The molecule has 0 heterocycles. The highest BCUT2D eigenvalue weighted by Gasteiger charge is 2.05. The maximum Gasteiger partial charge on any atom is 0.276 e. The molecule has 0 aliphatic carbocycles. The van der Waals surface area contributed by atoms with Gasteiger partial charge >= 0.3 is 0 Å². The van der Waals surface area contributed by atoms with E-state index >= 15 is 0 Å². The number of hydrogen-bond acceptors (Lipinski definition) is 3. The van der Waals surface area contributed by atoms with Gasteiger partial charge in [-0.3, -0.25) is 20.4 Å². The summed E-state index contributed by atoms with van der Waals surface area (Å²) in [6.45, 7) is 3.74. The number of benzene rings is 3. The van der Waals surface area contributed by atoms with E-state index in [1.54, 1.807) is 6.08 Å². The number of aryl methyl sites for hydroxylation is 2. The van der Waals surface area contributed by atoms with Crippen molar-refractivity contribution in [3.63, 3.8) is 0 Å². The second-order valence-corrected chi connectivity index (χ2v) is 6.55. The molecule has 2 amide bonds. The Kier molecular flexibility index (Phi) is 6.07. The van der Waals surface area contributed by atoms with Crippen molar-refractivity contribution in [1.82, 2.24) is 10.9 Å². The van der Waals surface area contributed by atoms with Crippen molar-refractivity contribution in [3.8, 4) is 5.75 Å². The lowest BCUT2D eigenvalue weighted by Crippen LogP contribution is -2.43. The lowest BCUT2D eigenvalue weighted by atomic mass is 10.0. The second kappa shape index (κ2) is 8.86. The van der Waals surface area contributed by atoms with E-state index in [1.165, 1.54) is 6.08 Å². The molecule has 0 saturated carbocycles. The predicted molar refractivity (Wildman–Crippen MR) is 111 cm³/mol. The van der Waals surface area contributed by atoms with Crippen LogP contribution < -0.4 is 15.6 Å². The molecule has 28 heavy (non-hydrogen) atoms. The van der Waals surface area contributed by atoms with E-state index in [4.69, 9.17) is 4.74 Å². The molecule has 5 heteroatoms. The normalized spacial score (nSPS) is 10.8. The number of carbonyl (C=O) groups is 2. The lowest BCUT2D eigenvalue weighted by Gasteiger charge is -2.09. The third-order valence-corrected chi connectivity index (χ3v) is 4.13. The summed E-state index contributed by atoms with van der Waals surface area (Å²) in [5, 5.41) is 2.15. The zero-order chi connectivity index (χ0) is 19.9. The number of hydrazine groups is 1. The predicted octanol–water partition coefficient (Wildman–Crippen LogP) is 3.70. The standard InChI is InChI=1S/C23H22N2O3/c1-16-12-17(2)14-20(13-16)28-15-23(27)25-24-22(26)11-10-19-8-5-7-18-6-3-4-9-21(18)19/h3-14H,15H2,1-2H3,(H,24,26)(H,25,27). The van der Waals surface area contributed by atoms with Gasteiger partial charge in [0.05, 0.1) is 0 Å². The maximum atomic E-state index is 12.0. The maximum absolute atomic E-state index is 12.0. The monoisotopic (exact) mass is 374 g/mol. The van der Waals surface area contributed by atoms with Crippen molar-refractivity contribution in [1.29, 1.82) is 0 Å². The van der Waals surface area contributed by atoms with Crippen LogP contribution in [0.3, 0.4) is 0 Å². The molecule has 0 unspecified atom stereocenters. The number of ether oxygens (including phenoxy) is 1. The van der Waals surface area contributed by atoms with E-state index in [9.17, 15) is 9.59 Å². The summed E-state index contributed by atoms with van der Waals surface area (Å²) in [5.41, 5.74) is 7.74. The zero-order valence-electron chi connectivity index (χ0n) is 15.9. The summed E-state index contributed by atoms with van der Waals surface area (Å²) < 4.78 is 5.46. The van der Waals surface area contributed by atoms with E-state index in [0.29, 0.717) is 5.75 Å². The van der Waals surface area contributed by atoms with Crippen molar-refractivity contribution >= 4 is 28.7 Å². The summed E-state index contributed by atoms with van der Waals surface area (Å²) in [6, 6.07) is 19.6. The van der Waals surface area contributed by atoms with Gasteiger partial charge in [0.2, 0.25) is 0 Å². The molecule has 0 fully saturated rings. The first-order valence-electron chi connectivity index (χ1n) is 8.97. The van der Waals surface area contributed by atoms with Crippen LogP contribution in [0, 0.1) is 13.8 Å². The van der Waals surface area contributed by atoms with Gasteiger partial charge in [0.1, 0.15) is 5.75 Å². The third-order valence-electron chi connectivity index (χ3n) is 4.13. The van der Waals surface area contributed by atoms with Crippen LogP contribution in [0.1, 0.15) is 16.7 Å². The molecule has 3 aromatic carbocycles. The summed E-state index contributed by atoms with van der Waals surface area (Å²) in [4.78, 5) is 23.8. The van der Waals surface area contributed by atoms with Gasteiger partial charge in [-0.15, -0.1) is 0 Å². The molecule has 0 spiro atoms. The van der Waals surface area contributed by atoms with E-state index in [0.717, 1.165) is 27.5 Å². The minimum atomic E-state index is -0.439. The fourth-order valence-corrected chi connectivity index (χ4v) is 2.94. The van der Waals surface area contributed by atoms with E-state index in [2.05, 4.69) is 10.9 Å². The van der Waals surface area contributed by atoms with Gasteiger partial charge < -0.3 is 4.74 Å². The molecule has 5 nitrogen and oxygen atoms in total. The molecule has 0 aliphatic rings. The molecule has 142 valence electrons. The molecule has 0 radical (unpaired) electrons. The summed E-state index contributed by atoms with van der Waals surface area (Å²) >= 11 is 0. The summed E-state index contributed by atoms with van der Waals surface area (Å²) in [6.07, 6.45) is 3.10. The van der Waals surface area contributed by atoms with Crippen molar-refractivity contribution in [2.75, 3.05) is 6.61 Å². The zero-order valence-corrected chi connectivity index (χ0v) is 15.9. The first-order valence-corrected chi connectivity index (χ1v) is 8.97. The van der Waals surface area contributed by atoms with E-state index in [-0.39, 0.29) is 6.61 Å². The second-order valence-electron chi connectivity index (χ2n) is 6.55. The molecule has 0 atom stereocenters. The Morgan fingerprint density at radius 1 is 0.929 bits per heavy atom. The fourth-order valence-electron chi connectivity index (χ4n) is 2.94. The van der Waals surface area contributed by atoms with Gasteiger partial charge in [0, 0.05) is 6.08 Å². The van der Waals surface area contributed by atoms with E-state index in [1.807, 2.05) is 74.5 Å². The third kappa shape index (κ3) is 5.20. The largest absolute Gasteiger partial charge is 0.484 e. The Morgan fingerprint density at radius 3 is 2.43 bits per heavy atom. The lowest BCUT2D eigenvalue weighted by molar-refractivity contribution is -0.128. The number of carbonyl (C=O) groups excluding carboxylic acids is 2. The Bertz CT molecular complexity index is 1020. The number of fused-ring (bicyclic) bond motifs is 1. The molecule has 0 bridgehead atoms. The SMILES string of the molecule is Cc1cc(C)cc(OCC(=O)NNC(=O)C=Cc2cccc3ccccc23)c1. The van der Waals surface area contributed by atoms with Gasteiger partial charge in [-0.05, 0) is 59.5 Å². The number of nitrogens with one attached hydrogen (secondary N) is 2. The van der Waals surface area contributed by atoms with Crippen LogP contribution in [0.4, 0.5) is 0 Å². The first-order chi connectivity index (χ1) is 13.5. The van der Waals surface area contributed by atoms with Gasteiger partial charge in [-0.2, -0.15) is 0 Å². The van der Waals surface area contributed by atoms with Crippen molar-refractivity contribution in [3.05, 3.63) is 83.4 Å². The highest BCUT2D eigenvalue weighted by molar-refractivity contribution is 5.97. The van der Waals surface area contributed by atoms with Crippen molar-refractivity contribution in [2.24, 2.45) is 0 Å². The Hall–Kier alpha value is -3.60. The highest BCUT2D eigenvalue weighted by atomic mass is 16.5. The molecular weight excluding hydrogens is 352 g/mol. The highest BCUT2D eigenvalue weighted by Crippen LogP contribution is 2.19. The van der Waals surface area contributed by atoms with Crippen LogP contribution >= 0.6 is 0 Å². The summed E-state index contributed by atoms with van der Waals surface area (Å²) in [5.74, 6) is -0.242. The van der Waals surface area contributed by atoms with Crippen molar-refractivity contribution < 1.29 is 14.3 Å². The van der Waals surface area contributed by atoms with E-state index < -0.39 is 11.8 Å². The molecule has 0 saturated heterocycles. The number of rotatable bonds is 5. The van der Waals surface area contributed by atoms with Crippen LogP contribution in [0.5, 0.6) is 5.75 Å². The van der Waals surface area contributed by atoms with Gasteiger partial charge in [-0.1, -0.05) is 48.5 Å². The molecule has 2 N–H and O–H groups in total.